The number of pyridine rings is 2. The van der Waals surface area contributed by atoms with Gasteiger partial charge in [-0.05, 0) is 53.6 Å². The number of H-pyrrole nitrogens is 1. The van der Waals surface area contributed by atoms with Crippen molar-refractivity contribution in [2.24, 2.45) is 0 Å². The Morgan fingerprint density at radius 3 is 2.27 bits per heavy atom. The molecule has 7 aromatic rings. The Balaban J connectivity index is 1.31. The number of hydrogen-bond acceptors (Lipinski definition) is 4. The third-order valence-corrected chi connectivity index (χ3v) is 7.54. The lowest BCUT2D eigenvalue weighted by Gasteiger charge is -2.26. The van der Waals surface area contributed by atoms with Gasteiger partial charge in [-0.1, -0.05) is 78.9 Å². The standard InChI is InChI=1S/C36H24N4O/c1-2-16-31-24(9-1)19-20-25-11-8-22-38-36(25)40(31)32-17-7-15-30-29-14-6-13-28(34(29)39-35(30)32)26-10-5-12-27(23-26)41-33-18-3-4-21-37-33/h1-23,39H. The van der Waals surface area contributed by atoms with Crippen molar-refractivity contribution in [3.8, 4) is 22.8 Å². The minimum absolute atomic E-state index is 0.569. The summed E-state index contributed by atoms with van der Waals surface area (Å²) in [6.45, 7) is 0. The molecule has 0 saturated heterocycles. The second-order valence-corrected chi connectivity index (χ2v) is 9.99. The van der Waals surface area contributed by atoms with Crippen molar-refractivity contribution in [1.29, 1.82) is 0 Å². The van der Waals surface area contributed by atoms with Gasteiger partial charge in [0.15, 0.2) is 0 Å². The molecule has 1 aliphatic rings. The molecule has 0 aliphatic carbocycles. The van der Waals surface area contributed by atoms with Crippen LogP contribution in [0.1, 0.15) is 11.1 Å². The van der Waals surface area contributed by atoms with Gasteiger partial charge in [-0.25, -0.2) is 9.97 Å². The molecular formula is C36H24N4O. The van der Waals surface area contributed by atoms with Gasteiger partial charge in [0.25, 0.3) is 0 Å². The first kappa shape index (κ1) is 23.2. The lowest BCUT2D eigenvalue weighted by atomic mass is 10.0. The summed E-state index contributed by atoms with van der Waals surface area (Å²) in [7, 11) is 0. The molecule has 4 heterocycles. The number of hydrogen-bond donors (Lipinski definition) is 1. The van der Waals surface area contributed by atoms with Gasteiger partial charge >= 0.3 is 0 Å². The van der Waals surface area contributed by atoms with E-state index < -0.39 is 0 Å². The van der Waals surface area contributed by atoms with E-state index in [9.17, 15) is 0 Å². The van der Waals surface area contributed by atoms with Gasteiger partial charge in [0.05, 0.1) is 22.4 Å². The molecule has 0 unspecified atom stereocenters. The number of rotatable bonds is 4. The average Bonchev–Trinajstić information content (AvgIpc) is 3.33. The van der Waals surface area contributed by atoms with E-state index in [2.05, 4.69) is 106 Å². The van der Waals surface area contributed by atoms with Crippen LogP contribution in [0.25, 0.3) is 45.1 Å². The van der Waals surface area contributed by atoms with Crippen LogP contribution in [0.4, 0.5) is 17.2 Å². The number of nitrogens with zero attached hydrogens (tertiary/aromatic N) is 3. The number of anilines is 3. The number of para-hydroxylation sites is 3. The highest BCUT2D eigenvalue weighted by atomic mass is 16.5. The number of aromatic nitrogens is 3. The summed E-state index contributed by atoms with van der Waals surface area (Å²) in [4.78, 5) is 15.2. The van der Waals surface area contributed by atoms with E-state index in [1.165, 1.54) is 0 Å². The first-order chi connectivity index (χ1) is 20.3. The Labute approximate surface area is 237 Å². The Kier molecular flexibility index (Phi) is 5.38. The molecule has 5 nitrogen and oxygen atoms in total. The smallest absolute Gasteiger partial charge is 0.219 e. The molecule has 4 aromatic carbocycles. The van der Waals surface area contributed by atoms with Gasteiger partial charge in [-0.15, -0.1) is 0 Å². The quantitative estimate of drug-likeness (QED) is 0.247. The fraction of sp³-hybridized carbons (Fsp3) is 0. The van der Waals surface area contributed by atoms with Gasteiger partial charge < -0.3 is 9.72 Å². The third-order valence-electron chi connectivity index (χ3n) is 7.54. The van der Waals surface area contributed by atoms with Crippen LogP contribution in [0.2, 0.25) is 0 Å². The molecule has 1 N–H and O–H groups in total. The largest absolute Gasteiger partial charge is 0.439 e. The van der Waals surface area contributed by atoms with Gasteiger partial charge in [0, 0.05) is 40.4 Å². The highest BCUT2D eigenvalue weighted by molar-refractivity contribution is 6.16. The van der Waals surface area contributed by atoms with E-state index in [4.69, 9.17) is 9.72 Å². The molecule has 0 saturated carbocycles. The first-order valence-corrected chi connectivity index (χ1v) is 13.6. The summed E-state index contributed by atoms with van der Waals surface area (Å²) in [6, 6.07) is 39.3. The van der Waals surface area contributed by atoms with Crippen molar-refractivity contribution >= 4 is 51.2 Å². The van der Waals surface area contributed by atoms with Crippen molar-refractivity contribution in [3.63, 3.8) is 0 Å². The van der Waals surface area contributed by atoms with Crippen LogP contribution in [0, 0.1) is 0 Å². The highest BCUT2D eigenvalue weighted by Crippen LogP contribution is 2.45. The molecule has 0 fully saturated rings. The second kappa shape index (κ2) is 9.50. The molecule has 0 spiro atoms. The molecule has 0 bridgehead atoms. The SMILES string of the molecule is C1=Cc2cccnc2N(c2cccc3c2[nH]c2c(-c4cccc(Oc5ccccn5)c4)cccc23)c2ccccc21. The summed E-state index contributed by atoms with van der Waals surface area (Å²) in [5, 5.41) is 2.32. The summed E-state index contributed by atoms with van der Waals surface area (Å²) in [5.74, 6) is 2.21. The van der Waals surface area contributed by atoms with E-state index in [1.54, 1.807) is 6.20 Å². The van der Waals surface area contributed by atoms with Crippen molar-refractivity contribution in [3.05, 3.63) is 139 Å². The molecule has 41 heavy (non-hydrogen) atoms. The van der Waals surface area contributed by atoms with Crippen LogP contribution in [0.15, 0.2) is 128 Å². The van der Waals surface area contributed by atoms with E-state index in [-0.39, 0.29) is 0 Å². The van der Waals surface area contributed by atoms with Gasteiger partial charge in [-0.2, -0.15) is 0 Å². The van der Waals surface area contributed by atoms with Crippen LogP contribution < -0.4 is 9.64 Å². The maximum absolute atomic E-state index is 6.05. The zero-order valence-electron chi connectivity index (χ0n) is 22.0. The van der Waals surface area contributed by atoms with Crippen molar-refractivity contribution in [2.45, 2.75) is 0 Å². The predicted molar refractivity (Wildman–Crippen MR) is 167 cm³/mol. The van der Waals surface area contributed by atoms with E-state index in [0.29, 0.717) is 5.88 Å². The molecule has 0 amide bonds. The monoisotopic (exact) mass is 528 g/mol. The number of aromatic amines is 1. The average molecular weight is 529 g/mol. The van der Waals surface area contributed by atoms with Crippen LogP contribution in [0.3, 0.4) is 0 Å². The molecule has 3 aromatic heterocycles. The van der Waals surface area contributed by atoms with Crippen molar-refractivity contribution in [1.82, 2.24) is 15.0 Å². The number of ether oxygens (including phenoxy) is 1. The number of fused-ring (bicyclic) bond motifs is 5. The van der Waals surface area contributed by atoms with Crippen molar-refractivity contribution < 1.29 is 4.74 Å². The second-order valence-electron chi connectivity index (χ2n) is 9.99. The molecule has 8 rings (SSSR count). The minimum atomic E-state index is 0.569. The Hall–Kier alpha value is -5.68. The zero-order valence-corrected chi connectivity index (χ0v) is 22.0. The fourth-order valence-electron chi connectivity index (χ4n) is 5.71. The summed E-state index contributed by atoms with van der Waals surface area (Å²) in [6.07, 6.45) is 7.90. The maximum atomic E-state index is 6.05. The van der Waals surface area contributed by atoms with Gasteiger partial charge in [0.1, 0.15) is 11.6 Å². The van der Waals surface area contributed by atoms with Crippen LogP contribution in [0.5, 0.6) is 11.6 Å². The molecular weight excluding hydrogens is 504 g/mol. The van der Waals surface area contributed by atoms with Gasteiger partial charge in [0.2, 0.25) is 5.88 Å². The molecule has 1 aliphatic heterocycles. The fourth-order valence-corrected chi connectivity index (χ4v) is 5.71. The normalized spacial score (nSPS) is 12.2. The van der Waals surface area contributed by atoms with E-state index >= 15 is 0 Å². The predicted octanol–water partition coefficient (Wildman–Crippen LogP) is 9.52. The number of benzene rings is 4. The maximum Gasteiger partial charge on any atom is 0.219 e. The highest BCUT2D eigenvalue weighted by Gasteiger charge is 2.24. The van der Waals surface area contributed by atoms with Crippen molar-refractivity contribution in [2.75, 3.05) is 4.90 Å². The van der Waals surface area contributed by atoms with E-state index in [0.717, 1.165) is 67.0 Å². The number of nitrogens with one attached hydrogen (secondary N) is 1. The molecule has 5 heteroatoms. The topological polar surface area (TPSA) is 54.0 Å². The Morgan fingerprint density at radius 1 is 0.585 bits per heavy atom. The Bertz CT molecular complexity index is 2050. The zero-order chi connectivity index (χ0) is 27.2. The third kappa shape index (κ3) is 3.95. The van der Waals surface area contributed by atoms with Crippen LogP contribution in [-0.4, -0.2) is 15.0 Å². The summed E-state index contributed by atoms with van der Waals surface area (Å²) in [5.41, 5.74) is 8.66. The molecule has 0 atom stereocenters. The van der Waals surface area contributed by atoms with E-state index in [1.807, 2.05) is 42.6 Å². The summed E-state index contributed by atoms with van der Waals surface area (Å²) < 4.78 is 6.05. The summed E-state index contributed by atoms with van der Waals surface area (Å²) >= 11 is 0. The lowest BCUT2D eigenvalue weighted by Crippen LogP contribution is -2.13. The first-order valence-electron chi connectivity index (χ1n) is 13.6. The van der Waals surface area contributed by atoms with Crippen LogP contribution in [-0.2, 0) is 0 Å². The molecule has 0 radical (unpaired) electrons. The Morgan fingerprint density at radius 2 is 1.34 bits per heavy atom. The molecule has 194 valence electrons. The minimum Gasteiger partial charge on any atom is -0.439 e. The van der Waals surface area contributed by atoms with Gasteiger partial charge in [-0.3, -0.25) is 4.90 Å². The lowest BCUT2D eigenvalue weighted by molar-refractivity contribution is 0.463. The van der Waals surface area contributed by atoms with Crippen LogP contribution >= 0.6 is 0 Å².